The lowest BCUT2D eigenvalue weighted by atomic mass is 10.3. The van der Waals surface area contributed by atoms with E-state index in [1.807, 2.05) is 0 Å². The topological polar surface area (TPSA) is 67.4 Å². The van der Waals surface area contributed by atoms with Gasteiger partial charge < -0.3 is 15.4 Å². The van der Waals surface area contributed by atoms with Crippen molar-refractivity contribution in [3.8, 4) is 0 Å². The van der Waals surface area contributed by atoms with Gasteiger partial charge in [0.1, 0.15) is 6.04 Å². The zero-order chi connectivity index (χ0) is 8.27. The fourth-order valence-electron chi connectivity index (χ4n) is 0.840. The van der Waals surface area contributed by atoms with Crippen molar-refractivity contribution in [2.24, 2.45) is 0 Å². The summed E-state index contributed by atoms with van der Waals surface area (Å²) in [4.78, 5) is 21.4. The van der Waals surface area contributed by atoms with Gasteiger partial charge in [-0.2, -0.15) is 0 Å². The SMILES string of the molecule is CCOC(=O)C1CNC(=O)N1. The number of rotatable bonds is 2. The molecule has 1 saturated heterocycles. The number of hydrogen-bond donors (Lipinski definition) is 2. The van der Waals surface area contributed by atoms with E-state index in [1.165, 1.54) is 0 Å². The van der Waals surface area contributed by atoms with Crippen LogP contribution in [-0.2, 0) is 9.53 Å². The molecule has 0 radical (unpaired) electrons. The van der Waals surface area contributed by atoms with E-state index in [-0.39, 0.29) is 12.0 Å². The quantitative estimate of drug-likeness (QED) is 0.518. The highest BCUT2D eigenvalue weighted by molar-refractivity contribution is 5.87. The van der Waals surface area contributed by atoms with Crippen LogP contribution in [0.4, 0.5) is 4.79 Å². The van der Waals surface area contributed by atoms with Crippen LogP contribution in [0.15, 0.2) is 0 Å². The van der Waals surface area contributed by atoms with Gasteiger partial charge in [-0.3, -0.25) is 0 Å². The second-order valence-electron chi connectivity index (χ2n) is 2.16. The van der Waals surface area contributed by atoms with Gasteiger partial charge in [-0.05, 0) is 6.92 Å². The highest BCUT2D eigenvalue weighted by Gasteiger charge is 2.27. The summed E-state index contributed by atoms with van der Waals surface area (Å²) in [6, 6.07) is -0.828. The van der Waals surface area contributed by atoms with Gasteiger partial charge in [0.05, 0.1) is 13.2 Å². The molecule has 1 rings (SSSR count). The Balaban J connectivity index is 2.37. The maximum absolute atomic E-state index is 10.9. The lowest BCUT2D eigenvalue weighted by molar-refractivity contribution is -0.144. The molecule has 1 unspecified atom stereocenters. The molecule has 0 aromatic rings. The van der Waals surface area contributed by atoms with E-state index in [9.17, 15) is 9.59 Å². The Hall–Kier alpha value is -1.26. The van der Waals surface area contributed by atoms with E-state index in [2.05, 4.69) is 15.4 Å². The first kappa shape index (κ1) is 7.84. The minimum atomic E-state index is -0.512. The van der Waals surface area contributed by atoms with Gasteiger partial charge >= 0.3 is 12.0 Å². The number of carbonyl (C=O) groups excluding carboxylic acids is 2. The van der Waals surface area contributed by atoms with Crippen molar-refractivity contribution in [3.63, 3.8) is 0 Å². The van der Waals surface area contributed by atoms with E-state index < -0.39 is 6.04 Å². The molecule has 5 heteroatoms. The largest absolute Gasteiger partial charge is 0.464 e. The fraction of sp³-hybridized carbons (Fsp3) is 0.667. The molecule has 0 aromatic carbocycles. The number of esters is 1. The van der Waals surface area contributed by atoms with Crippen LogP contribution < -0.4 is 10.6 Å². The van der Waals surface area contributed by atoms with Crippen LogP contribution in [0.3, 0.4) is 0 Å². The second-order valence-corrected chi connectivity index (χ2v) is 2.16. The normalized spacial score (nSPS) is 22.3. The first-order valence-corrected chi connectivity index (χ1v) is 3.45. The van der Waals surface area contributed by atoms with Crippen molar-refractivity contribution in [1.29, 1.82) is 0 Å². The van der Waals surface area contributed by atoms with Crippen molar-refractivity contribution in [3.05, 3.63) is 0 Å². The third-order valence-electron chi connectivity index (χ3n) is 1.34. The van der Waals surface area contributed by atoms with Crippen LogP contribution >= 0.6 is 0 Å². The third-order valence-corrected chi connectivity index (χ3v) is 1.34. The van der Waals surface area contributed by atoms with Crippen molar-refractivity contribution >= 4 is 12.0 Å². The summed E-state index contributed by atoms with van der Waals surface area (Å²) in [5, 5.41) is 4.87. The van der Waals surface area contributed by atoms with Gasteiger partial charge in [-0.15, -0.1) is 0 Å². The molecule has 11 heavy (non-hydrogen) atoms. The van der Waals surface area contributed by atoms with Gasteiger partial charge in [0.25, 0.3) is 0 Å². The summed E-state index contributed by atoms with van der Waals surface area (Å²) < 4.78 is 4.68. The molecular formula is C6H10N2O3. The second kappa shape index (κ2) is 3.23. The summed E-state index contributed by atoms with van der Waals surface area (Å²) in [6.07, 6.45) is 0. The predicted octanol–water partition coefficient (Wildman–Crippen LogP) is -0.769. The van der Waals surface area contributed by atoms with E-state index in [4.69, 9.17) is 0 Å². The van der Waals surface area contributed by atoms with Gasteiger partial charge in [0, 0.05) is 0 Å². The Morgan fingerprint density at radius 3 is 3.00 bits per heavy atom. The van der Waals surface area contributed by atoms with Crippen LogP contribution in [0.5, 0.6) is 0 Å². The lowest BCUT2D eigenvalue weighted by Crippen LogP contribution is -2.35. The maximum Gasteiger partial charge on any atom is 0.330 e. The number of hydrogen-bond acceptors (Lipinski definition) is 3. The standard InChI is InChI=1S/C6H10N2O3/c1-2-11-5(9)4-3-7-6(10)8-4/h4H,2-3H2,1H3,(H2,7,8,10). The number of ether oxygens (including phenoxy) is 1. The Kier molecular flexibility index (Phi) is 2.30. The minimum Gasteiger partial charge on any atom is -0.464 e. The van der Waals surface area contributed by atoms with Crippen LogP contribution in [0, 0.1) is 0 Å². The molecule has 0 spiro atoms. The number of nitrogens with one attached hydrogen (secondary N) is 2. The Morgan fingerprint density at radius 2 is 2.55 bits per heavy atom. The number of urea groups is 1. The molecular weight excluding hydrogens is 148 g/mol. The molecule has 5 nitrogen and oxygen atoms in total. The molecule has 0 aliphatic carbocycles. The highest BCUT2D eigenvalue weighted by atomic mass is 16.5. The van der Waals surface area contributed by atoms with Gasteiger partial charge in [-0.25, -0.2) is 9.59 Å². The smallest absolute Gasteiger partial charge is 0.330 e. The third kappa shape index (κ3) is 1.83. The minimum absolute atomic E-state index is 0.317. The average Bonchev–Trinajstić information content (AvgIpc) is 2.36. The van der Waals surface area contributed by atoms with Gasteiger partial charge in [0.15, 0.2) is 0 Å². The highest BCUT2D eigenvalue weighted by Crippen LogP contribution is 1.93. The van der Waals surface area contributed by atoms with Gasteiger partial charge in [-0.1, -0.05) is 0 Å². The summed E-state index contributed by atoms with van der Waals surface area (Å²) in [5.74, 6) is -0.383. The van der Waals surface area contributed by atoms with Crippen LogP contribution in [0.2, 0.25) is 0 Å². The Morgan fingerprint density at radius 1 is 1.82 bits per heavy atom. The molecule has 1 atom stereocenters. The van der Waals surface area contributed by atoms with Gasteiger partial charge in [0.2, 0.25) is 0 Å². The molecule has 62 valence electrons. The first-order valence-electron chi connectivity index (χ1n) is 3.45. The van der Waals surface area contributed by atoms with Crippen LogP contribution in [0.25, 0.3) is 0 Å². The maximum atomic E-state index is 10.9. The molecule has 1 aliphatic heterocycles. The molecule has 0 saturated carbocycles. The Labute approximate surface area is 64.1 Å². The molecule has 2 amide bonds. The van der Waals surface area contributed by atoms with E-state index in [0.717, 1.165) is 0 Å². The molecule has 0 bridgehead atoms. The van der Waals surface area contributed by atoms with E-state index >= 15 is 0 Å². The van der Waals surface area contributed by atoms with Crippen LogP contribution in [-0.4, -0.2) is 31.2 Å². The lowest BCUT2D eigenvalue weighted by Gasteiger charge is -2.05. The molecule has 1 aliphatic rings. The summed E-state index contributed by atoms with van der Waals surface area (Å²) in [5.41, 5.74) is 0. The number of carbonyl (C=O) groups is 2. The first-order chi connectivity index (χ1) is 5.24. The van der Waals surface area contributed by atoms with Crippen molar-refractivity contribution in [1.82, 2.24) is 10.6 Å². The zero-order valence-electron chi connectivity index (χ0n) is 6.22. The van der Waals surface area contributed by atoms with Crippen molar-refractivity contribution < 1.29 is 14.3 Å². The predicted molar refractivity (Wildman–Crippen MR) is 37.0 cm³/mol. The summed E-state index contributed by atoms with van der Waals surface area (Å²) in [6.45, 7) is 2.38. The fourth-order valence-corrected chi connectivity index (χ4v) is 0.840. The van der Waals surface area contributed by atoms with Crippen molar-refractivity contribution in [2.45, 2.75) is 13.0 Å². The number of amides is 2. The molecule has 0 aromatic heterocycles. The summed E-state index contributed by atoms with van der Waals surface area (Å²) in [7, 11) is 0. The zero-order valence-corrected chi connectivity index (χ0v) is 6.22. The molecule has 1 heterocycles. The molecule has 2 N–H and O–H groups in total. The summed E-state index contributed by atoms with van der Waals surface area (Å²) >= 11 is 0. The monoisotopic (exact) mass is 158 g/mol. The average molecular weight is 158 g/mol. The van der Waals surface area contributed by atoms with Crippen molar-refractivity contribution in [2.75, 3.05) is 13.2 Å². The Bertz CT molecular complexity index is 181. The van der Waals surface area contributed by atoms with Crippen LogP contribution in [0.1, 0.15) is 6.92 Å². The van der Waals surface area contributed by atoms with E-state index in [1.54, 1.807) is 6.92 Å². The van der Waals surface area contributed by atoms with E-state index in [0.29, 0.717) is 13.2 Å². The molecule has 1 fully saturated rings.